The van der Waals surface area contributed by atoms with Crippen LogP contribution in [0.4, 0.5) is 10.1 Å². The molecule has 1 fully saturated rings. The first-order valence-electron chi connectivity index (χ1n) is 8.93. The Morgan fingerprint density at radius 3 is 2.38 bits per heavy atom. The van der Waals surface area contributed by atoms with Crippen molar-refractivity contribution < 1.29 is 9.50 Å². The normalized spacial score (nSPS) is 17.4. The van der Waals surface area contributed by atoms with Crippen LogP contribution in [0.1, 0.15) is 33.3 Å². The fraction of sp³-hybridized carbons (Fsp3) is 0.450. The Morgan fingerprint density at radius 2 is 1.88 bits per heavy atom. The third-order valence-corrected chi connectivity index (χ3v) is 4.17. The van der Waals surface area contributed by atoms with Crippen molar-refractivity contribution in [1.29, 1.82) is 0 Å². The Kier molecular flexibility index (Phi) is 6.80. The summed E-state index contributed by atoms with van der Waals surface area (Å²) in [6.07, 6.45) is 3.41. The zero-order valence-corrected chi connectivity index (χ0v) is 16.0. The number of alkyl halides is 1. The zero-order chi connectivity index (χ0) is 19.2. The van der Waals surface area contributed by atoms with Crippen LogP contribution < -0.4 is 10.6 Å². The molecule has 1 heterocycles. The Balaban J connectivity index is 2.24. The van der Waals surface area contributed by atoms with Gasteiger partial charge < -0.3 is 20.6 Å². The van der Waals surface area contributed by atoms with Gasteiger partial charge in [-0.3, -0.25) is 0 Å². The van der Waals surface area contributed by atoms with Crippen LogP contribution in [0.5, 0.6) is 0 Å². The minimum absolute atomic E-state index is 0.155. The predicted octanol–water partition coefficient (Wildman–Crippen LogP) is 3.93. The zero-order valence-electron chi connectivity index (χ0n) is 16.0. The van der Waals surface area contributed by atoms with Gasteiger partial charge in [0.2, 0.25) is 0 Å². The topological polar surface area (TPSA) is 59.9 Å². The first-order valence-corrected chi connectivity index (χ1v) is 8.93. The summed E-state index contributed by atoms with van der Waals surface area (Å²) in [5, 5.41) is 16.2. The number of halogens is 1. The number of hydrogen-bond acceptors (Lipinski definition) is 4. The first-order chi connectivity index (χ1) is 12.3. The van der Waals surface area contributed by atoms with Crippen molar-refractivity contribution in [1.82, 2.24) is 10.2 Å². The average Bonchev–Trinajstić information content (AvgIpc) is 2.61. The minimum atomic E-state index is -1.36. The summed E-state index contributed by atoms with van der Waals surface area (Å²) in [7, 11) is 0. The highest BCUT2D eigenvalue weighted by Crippen LogP contribution is 2.26. The lowest BCUT2D eigenvalue weighted by atomic mass is 10.0. The van der Waals surface area contributed by atoms with Gasteiger partial charge in [0.1, 0.15) is 11.4 Å². The number of nitrogens with zero attached hydrogens (tertiary/aromatic N) is 2. The third kappa shape index (κ3) is 5.59. The van der Waals surface area contributed by atoms with Crippen LogP contribution in [-0.4, -0.2) is 42.0 Å². The van der Waals surface area contributed by atoms with E-state index in [2.05, 4.69) is 20.5 Å². The number of allylic oxidation sites excluding steroid dienone is 2. The lowest BCUT2D eigenvalue weighted by molar-refractivity contribution is 0.221. The molecule has 0 atom stereocenters. The number of benzene rings is 1. The van der Waals surface area contributed by atoms with Gasteiger partial charge in [0.05, 0.1) is 11.9 Å². The number of aliphatic imine (C=N–C) groups is 1. The number of aliphatic hydroxyl groups is 1. The largest absolute Gasteiger partial charge is 0.511 e. The molecule has 1 saturated heterocycles. The van der Waals surface area contributed by atoms with E-state index >= 15 is 0 Å². The Labute approximate surface area is 155 Å². The first kappa shape index (κ1) is 20.0. The average molecular weight is 360 g/mol. The lowest BCUT2D eigenvalue weighted by Gasteiger charge is -2.31. The van der Waals surface area contributed by atoms with E-state index in [0.717, 1.165) is 43.4 Å². The van der Waals surface area contributed by atoms with Crippen molar-refractivity contribution in [3.05, 3.63) is 53.6 Å². The highest BCUT2D eigenvalue weighted by molar-refractivity contribution is 6.01. The van der Waals surface area contributed by atoms with Crippen molar-refractivity contribution in [3.8, 4) is 0 Å². The molecule has 0 aromatic heterocycles. The summed E-state index contributed by atoms with van der Waals surface area (Å²) in [4.78, 5) is 6.66. The number of aliphatic hydroxyl groups excluding tert-OH is 1. The van der Waals surface area contributed by atoms with Crippen LogP contribution in [0.25, 0.3) is 0 Å². The molecule has 1 aromatic carbocycles. The van der Waals surface area contributed by atoms with E-state index in [0.29, 0.717) is 5.56 Å². The fourth-order valence-corrected chi connectivity index (χ4v) is 2.72. The van der Waals surface area contributed by atoms with Gasteiger partial charge in [-0.15, -0.1) is 0 Å². The van der Waals surface area contributed by atoms with Crippen molar-refractivity contribution in [3.63, 3.8) is 0 Å². The van der Waals surface area contributed by atoms with E-state index in [1.54, 1.807) is 32.9 Å². The molecule has 5 nitrogen and oxygen atoms in total. The van der Waals surface area contributed by atoms with E-state index in [1.807, 2.05) is 25.1 Å². The third-order valence-electron chi connectivity index (χ3n) is 4.17. The maximum Gasteiger partial charge on any atom is 0.152 e. The molecule has 142 valence electrons. The van der Waals surface area contributed by atoms with Gasteiger partial charge in [0.25, 0.3) is 0 Å². The van der Waals surface area contributed by atoms with Crippen LogP contribution in [0.15, 0.2) is 53.0 Å². The molecule has 0 radical (unpaired) electrons. The molecule has 1 aromatic rings. The predicted molar refractivity (Wildman–Crippen MR) is 106 cm³/mol. The summed E-state index contributed by atoms with van der Waals surface area (Å²) in [5.74, 6) is 0.930. The molecule has 0 unspecified atom stereocenters. The second-order valence-electron chi connectivity index (χ2n) is 6.84. The Morgan fingerprint density at radius 1 is 1.27 bits per heavy atom. The maximum atomic E-state index is 14.0. The molecule has 3 N–H and O–H groups in total. The van der Waals surface area contributed by atoms with Crippen molar-refractivity contribution in [2.75, 3.05) is 31.5 Å². The molecule has 1 aliphatic rings. The van der Waals surface area contributed by atoms with Crippen LogP contribution in [0, 0.1) is 0 Å². The van der Waals surface area contributed by atoms with E-state index in [9.17, 15) is 9.50 Å². The van der Waals surface area contributed by atoms with Gasteiger partial charge in [-0.25, -0.2) is 9.38 Å². The molecule has 0 spiro atoms. The summed E-state index contributed by atoms with van der Waals surface area (Å²) < 4.78 is 14.0. The van der Waals surface area contributed by atoms with E-state index in [4.69, 9.17) is 0 Å². The van der Waals surface area contributed by atoms with Gasteiger partial charge in [0, 0.05) is 31.9 Å². The minimum Gasteiger partial charge on any atom is -0.511 e. The monoisotopic (exact) mass is 360 g/mol. The summed E-state index contributed by atoms with van der Waals surface area (Å²) in [6, 6.07) is 7.30. The molecule has 1 aliphatic heterocycles. The Bertz CT molecular complexity index is 677. The van der Waals surface area contributed by atoms with E-state index < -0.39 is 5.67 Å². The van der Waals surface area contributed by atoms with Crippen molar-refractivity contribution in [2.45, 2.75) is 33.4 Å². The molecule has 0 saturated carbocycles. The molecule has 0 bridgehead atoms. The summed E-state index contributed by atoms with van der Waals surface area (Å²) in [5.41, 5.74) is 0.981. The van der Waals surface area contributed by atoms with Gasteiger partial charge in [-0.1, -0.05) is 18.2 Å². The highest BCUT2D eigenvalue weighted by atomic mass is 19.1. The molecule has 26 heavy (non-hydrogen) atoms. The molecule has 6 heteroatoms. The van der Waals surface area contributed by atoms with Crippen LogP contribution in [-0.2, 0) is 5.67 Å². The molecule has 2 rings (SSSR count). The number of nitrogens with one attached hydrogen (secondary N) is 2. The van der Waals surface area contributed by atoms with Crippen LogP contribution >= 0.6 is 0 Å². The number of piperazine rings is 1. The van der Waals surface area contributed by atoms with Gasteiger partial charge in [-0.2, -0.15) is 0 Å². The standard InChI is InChI=1S/C20H29FN4O/c1-5-18(24-17-8-6-16(7-9-17)20(3,4)21)19(23-14-15(2)26)25-12-10-22-11-13-25/h5-9,14,22,24,26H,10-13H2,1-4H3/b15-14+,18-5?,23-19?. The van der Waals surface area contributed by atoms with Crippen LogP contribution in [0.3, 0.4) is 0 Å². The molecular formula is C20H29FN4O. The summed E-state index contributed by atoms with van der Waals surface area (Å²) in [6.45, 7) is 10.1. The molecule has 0 aliphatic carbocycles. The van der Waals surface area contributed by atoms with Crippen molar-refractivity contribution in [2.24, 2.45) is 4.99 Å². The van der Waals surface area contributed by atoms with Gasteiger partial charge >= 0.3 is 0 Å². The molecule has 0 amide bonds. The van der Waals surface area contributed by atoms with Crippen LogP contribution in [0.2, 0.25) is 0 Å². The number of anilines is 1. The lowest BCUT2D eigenvalue weighted by Crippen LogP contribution is -2.47. The number of amidine groups is 1. The van der Waals surface area contributed by atoms with E-state index in [1.165, 1.54) is 6.20 Å². The van der Waals surface area contributed by atoms with Gasteiger partial charge in [-0.05, 0) is 45.4 Å². The number of rotatable bonds is 5. The molecular weight excluding hydrogens is 331 g/mol. The smallest absolute Gasteiger partial charge is 0.152 e. The van der Waals surface area contributed by atoms with E-state index in [-0.39, 0.29) is 5.76 Å². The maximum absolute atomic E-state index is 14.0. The SMILES string of the molecule is CC=C(Nc1ccc(C(C)(C)F)cc1)C(=N/C=C(\C)O)N1CCNCC1. The Hall–Kier alpha value is -2.34. The van der Waals surface area contributed by atoms with Crippen molar-refractivity contribution >= 4 is 11.5 Å². The quantitative estimate of drug-likeness (QED) is 0.423. The van der Waals surface area contributed by atoms with Gasteiger partial charge in [0.15, 0.2) is 5.84 Å². The summed E-state index contributed by atoms with van der Waals surface area (Å²) >= 11 is 0. The highest BCUT2D eigenvalue weighted by Gasteiger charge is 2.20. The second kappa shape index (κ2) is 8.85. The fourth-order valence-electron chi connectivity index (χ4n) is 2.72. The second-order valence-corrected chi connectivity index (χ2v) is 6.84. The number of hydrogen-bond donors (Lipinski definition) is 3.